The van der Waals surface area contributed by atoms with Crippen molar-refractivity contribution < 1.29 is 9.63 Å². The molecule has 0 aromatic carbocycles. The predicted molar refractivity (Wildman–Crippen MR) is 50.0 cm³/mol. The van der Waals surface area contributed by atoms with Crippen LogP contribution in [0.3, 0.4) is 0 Å². The van der Waals surface area contributed by atoms with Crippen LogP contribution in [0.4, 0.5) is 0 Å². The molecule has 0 radical (unpaired) electrons. The lowest BCUT2D eigenvalue weighted by molar-refractivity contribution is -0.169. The van der Waals surface area contributed by atoms with Crippen LogP contribution in [0.2, 0.25) is 0 Å². The molecule has 0 spiro atoms. The molecule has 13 heavy (non-hydrogen) atoms. The third-order valence-corrected chi connectivity index (χ3v) is 2.06. The fraction of sp³-hybridized carbons (Fsp3) is 0.889. The molecule has 1 fully saturated rings. The maximum atomic E-state index is 11.5. The molecule has 1 rings (SSSR count). The number of carbonyl (C=O) groups is 1. The highest BCUT2D eigenvalue weighted by atomic mass is 16.7. The third kappa shape index (κ3) is 3.32. The number of rotatable bonds is 4. The van der Waals surface area contributed by atoms with E-state index in [9.17, 15) is 4.79 Å². The van der Waals surface area contributed by atoms with Gasteiger partial charge in [0.2, 0.25) is 5.91 Å². The number of nitrogens with zero attached hydrogens (tertiary/aromatic N) is 1. The summed E-state index contributed by atoms with van der Waals surface area (Å²) in [7, 11) is 0. The number of hydrogen-bond donors (Lipinski definition) is 1. The van der Waals surface area contributed by atoms with Gasteiger partial charge in [0.1, 0.15) is 0 Å². The average Bonchev–Trinajstić information content (AvgIpc) is 2.55. The Morgan fingerprint density at radius 1 is 1.69 bits per heavy atom. The molecule has 0 aliphatic carbocycles. The lowest BCUT2D eigenvalue weighted by atomic mass is 10.2. The van der Waals surface area contributed by atoms with E-state index in [1.807, 2.05) is 13.8 Å². The van der Waals surface area contributed by atoms with Gasteiger partial charge in [-0.3, -0.25) is 9.63 Å². The van der Waals surface area contributed by atoms with Crippen LogP contribution in [0.5, 0.6) is 0 Å². The maximum absolute atomic E-state index is 11.5. The molecule has 0 saturated carbocycles. The largest absolute Gasteiger partial charge is 0.314 e. The van der Waals surface area contributed by atoms with Crippen molar-refractivity contribution in [2.75, 3.05) is 19.7 Å². The summed E-state index contributed by atoms with van der Waals surface area (Å²) >= 11 is 0. The first-order valence-corrected chi connectivity index (χ1v) is 4.90. The minimum absolute atomic E-state index is 0.0888. The van der Waals surface area contributed by atoms with Gasteiger partial charge in [0.05, 0.1) is 13.2 Å². The molecule has 4 heteroatoms. The Balaban J connectivity index is 2.23. The highest BCUT2D eigenvalue weighted by molar-refractivity contribution is 5.75. The summed E-state index contributed by atoms with van der Waals surface area (Å²) in [6.07, 6.45) is 1.48. The highest BCUT2D eigenvalue weighted by Crippen LogP contribution is 2.07. The second-order valence-electron chi connectivity index (χ2n) is 3.35. The Hall–Kier alpha value is -0.610. The van der Waals surface area contributed by atoms with Crippen LogP contribution in [0, 0.1) is 0 Å². The van der Waals surface area contributed by atoms with Gasteiger partial charge in [-0.05, 0) is 19.9 Å². The second kappa shape index (κ2) is 5.19. The van der Waals surface area contributed by atoms with Crippen LogP contribution in [0.15, 0.2) is 0 Å². The quantitative estimate of drug-likeness (QED) is 0.696. The van der Waals surface area contributed by atoms with E-state index in [2.05, 4.69) is 5.32 Å². The molecular formula is C9H18N2O2. The summed E-state index contributed by atoms with van der Waals surface area (Å²) in [5.41, 5.74) is 0. The Morgan fingerprint density at radius 3 is 3.00 bits per heavy atom. The zero-order valence-electron chi connectivity index (χ0n) is 8.38. The minimum atomic E-state index is 0.0888. The van der Waals surface area contributed by atoms with Crippen LogP contribution in [0.1, 0.15) is 26.7 Å². The fourth-order valence-corrected chi connectivity index (χ4v) is 1.43. The monoisotopic (exact) mass is 186 g/mol. The molecule has 0 bridgehead atoms. The normalized spacial score (nSPS) is 19.1. The SMILES string of the molecule is CCNC(C)CC(=O)N1CCCO1. The van der Waals surface area contributed by atoms with Gasteiger partial charge in [-0.2, -0.15) is 0 Å². The van der Waals surface area contributed by atoms with E-state index in [-0.39, 0.29) is 11.9 Å². The maximum Gasteiger partial charge on any atom is 0.247 e. The van der Waals surface area contributed by atoms with Crippen molar-refractivity contribution in [2.45, 2.75) is 32.7 Å². The van der Waals surface area contributed by atoms with E-state index in [4.69, 9.17) is 4.84 Å². The molecule has 4 nitrogen and oxygen atoms in total. The molecule has 1 unspecified atom stereocenters. The second-order valence-corrected chi connectivity index (χ2v) is 3.35. The van der Waals surface area contributed by atoms with Crippen molar-refractivity contribution in [1.82, 2.24) is 10.4 Å². The van der Waals surface area contributed by atoms with Gasteiger partial charge < -0.3 is 5.32 Å². The third-order valence-electron chi connectivity index (χ3n) is 2.06. The summed E-state index contributed by atoms with van der Waals surface area (Å²) < 4.78 is 0. The van der Waals surface area contributed by atoms with E-state index in [1.54, 1.807) is 0 Å². The molecule has 76 valence electrons. The summed E-state index contributed by atoms with van der Waals surface area (Å²) in [4.78, 5) is 16.6. The topological polar surface area (TPSA) is 41.6 Å². The molecule has 1 heterocycles. The predicted octanol–water partition coefficient (Wildman–Crippen LogP) is 0.538. The van der Waals surface area contributed by atoms with Gasteiger partial charge in [-0.15, -0.1) is 0 Å². The van der Waals surface area contributed by atoms with E-state index in [0.717, 1.165) is 19.5 Å². The lowest BCUT2D eigenvalue weighted by Gasteiger charge is -2.17. The molecule has 1 amide bonds. The Bertz CT molecular complexity index is 167. The molecule has 1 N–H and O–H groups in total. The first-order valence-electron chi connectivity index (χ1n) is 4.90. The zero-order chi connectivity index (χ0) is 9.68. The Labute approximate surface area is 79.2 Å². The van der Waals surface area contributed by atoms with Crippen molar-refractivity contribution in [3.05, 3.63) is 0 Å². The highest BCUT2D eigenvalue weighted by Gasteiger charge is 2.20. The van der Waals surface area contributed by atoms with Crippen LogP contribution in [-0.4, -0.2) is 36.7 Å². The first-order chi connectivity index (χ1) is 6.24. The van der Waals surface area contributed by atoms with Gasteiger partial charge in [0, 0.05) is 12.5 Å². The molecule has 1 aliphatic heterocycles. The number of hydroxylamine groups is 2. The van der Waals surface area contributed by atoms with Crippen LogP contribution >= 0.6 is 0 Å². The van der Waals surface area contributed by atoms with Crippen molar-refractivity contribution in [1.29, 1.82) is 0 Å². The molecule has 0 aromatic heterocycles. The fourth-order valence-electron chi connectivity index (χ4n) is 1.43. The van der Waals surface area contributed by atoms with Crippen LogP contribution in [0.25, 0.3) is 0 Å². The standard InChI is InChI=1S/C9H18N2O2/c1-3-10-8(2)7-9(12)11-5-4-6-13-11/h8,10H,3-7H2,1-2H3. The molecule has 0 aromatic rings. The molecule has 1 saturated heterocycles. The number of hydrogen-bond acceptors (Lipinski definition) is 3. The molecule has 1 atom stereocenters. The van der Waals surface area contributed by atoms with Crippen molar-refractivity contribution in [3.63, 3.8) is 0 Å². The average molecular weight is 186 g/mol. The minimum Gasteiger partial charge on any atom is -0.314 e. The lowest BCUT2D eigenvalue weighted by Crippen LogP contribution is -2.34. The first kappa shape index (κ1) is 10.5. The van der Waals surface area contributed by atoms with Gasteiger partial charge in [-0.25, -0.2) is 5.06 Å². The Kier molecular flexibility index (Phi) is 4.18. The van der Waals surface area contributed by atoms with Gasteiger partial charge in [-0.1, -0.05) is 6.92 Å². The summed E-state index contributed by atoms with van der Waals surface area (Å²) in [6.45, 7) is 6.37. The smallest absolute Gasteiger partial charge is 0.247 e. The number of nitrogens with one attached hydrogen (secondary N) is 1. The summed E-state index contributed by atoms with van der Waals surface area (Å²) in [5.74, 6) is 0.0888. The number of amides is 1. The van der Waals surface area contributed by atoms with E-state index in [0.29, 0.717) is 13.0 Å². The summed E-state index contributed by atoms with van der Waals surface area (Å²) in [6, 6.07) is 0.238. The van der Waals surface area contributed by atoms with E-state index in [1.165, 1.54) is 5.06 Å². The molecular weight excluding hydrogens is 168 g/mol. The van der Waals surface area contributed by atoms with Crippen LogP contribution in [-0.2, 0) is 9.63 Å². The van der Waals surface area contributed by atoms with E-state index >= 15 is 0 Å². The van der Waals surface area contributed by atoms with Crippen molar-refractivity contribution in [3.8, 4) is 0 Å². The number of carbonyl (C=O) groups excluding carboxylic acids is 1. The van der Waals surface area contributed by atoms with Crippen LogP contribution < -0.4 is 5.32 Å². The van der Waals surface area contributed by atoms with Gasteiger partial charge >= 0.3 is 0 Å². The molecule has 1 aliphatic rings. The Morgan fingerprint density at radius 2 is 2.46 bits per heavy atom. The van der Waals surface area contributed by atoms with Crippen molar-refractivity contribution in [2.24, 2.45) is 0 Å². The summed E-state index contributed by atoms with van der Waals surface area (Å²) in [5, 5.41) is 4.68. The van der Waals surface area contributed by atoms with E-state index < -0.39 is 0 Å². The van der Waals surface area contributed by atoms with Gasteiger partial charge in [0.25, 0.3) is 0 Å². The van der Waals surface area contributed by atoms with Gasteiger partial charge in [0.15, 0.2) is 0 Å². The zero-order valence-corrected chi connectivity index (χ0v) is 8.38. The van der Waals surface area contributed by atoms with Crippen molar-refractivity contribution >= 4 is 5.91 Å².